The van der Waals surface area contributed by atoms with Crippen molar-refractivity contribution < 1.29 is 23.8 Å². The number of anilines is 1. The third kappa shape index (κ3) is 6.89. The molecule has 35 heavy (non-hydrogen) atoms. The number of halogens is 1. The Kier molecular flexibility index (Phi) is 9.39. The van der Waals surface area contributed by atoms with Crippen LogP contribution in [0.2, 0.25) is 5.02 Å². The Bertz CT molecular complexity index is 1200. The topological polar surface area (TPSA) is 105 Å². The number of thioether (sulfide) groups is 1. The normalized spacial score (nSPS) is 10.7. The number of ether oxygens (including phenoxy) is 3. The van der Waals surface area contributed by atoms with Gasteiger partial charge >= 0.3 is 5.97 Å². The van der Waals surface area contributed by atoms with Crippen molar-refractivity contribution >= 4 is 40.9 Å². The van der Waals surface area contributed by atoms with Crippen molar-refractivity contribution in [3.63, 3.8) is 0 Å². The number of hydrogen-bond acceptors (Lipinski definition) is 8. The second-order valence-electron chi connectivity index (χ2n) is 7.34. The van der Waals surface area contributed by atoms with Gasteiger partial charge in [0.05, 0.1) is 35.7 Å². The lowest BCUT2D eigenvalue weighted by atomic mass is 10.2. The number of carbonyl (C=O) groups excluding carboxylic acids is 2. The Hall–Kier alpha value is -3.24. The molecule has 0 saturated carbocycles. The number of aromatic nitrogens is 3. The quantitative estimate of drug-likeness (QED) is 0.286. The van der Waals surface area contributed by atoms with Gasteiger partial charge in [-0.3, -0.25) is 4.79 Å². The monoisotopic (exact) mass is 518 g/mol. The van der Waals surface area contributed by atoms with Gasteiger partial charge < -0.3 is 24.1 Å². The lowest BCUT2D eigenvalue weighted by molar-refractivity contribution is -0.113. The van der Waals surface area contributed by atoms with Gasteiger partial charge in [-0.25, -0.2) is 4.79 Å². The van der Waals surface area contributed by atoms with Crippen molar-refractivity contribution in [2.24, 2.45) is 0 Å². The largest absolute Gasteiger partial charge is 0.490 e. The van der Waals surface area contributed by atoms with E-state index in [9.17, 15) is 9.59 Å². The number of nitrogens with zero attached hydrogens (tertiary/aromatic N) is 3. The maximum absolute atomic E-state index is 12.5. The number of amides is 1. The molecule has 1 amide bonds. The van der Waals surface area contributed by atoms with Crippen LogP contribution < -0.4 is 14.8 Å². The number of nitrogens with one attached hydrogen (secondary N) is 1. The van der Waals surface area contributed by atoms with Crippen molar-refractivity contribution in [2.75, 3.05) is 24.8 Å². The van der Waals surface area contributed by atoms with Gasteiger partial charge in [0.15, 0.2) is 22.5 Å². The molecule has 0 radical (unpaired) electrons. The van der Waals surface area contributed by atoms with Gasteiger partial charge in [-0.15, -0.1) is 10.2 Å². The van der Waals surface area contributed by atoms with Gasteiger partial charge in [0.2, 0.25) is 5.91 Å². The van der Waals surface area contributed by atoms with Crippen LogP contribution in [0.3, 0.4) is 0 Å². The highest BCUT2D eigenvalue weighted by Gasteiger charge is 2.16. The third-order valence-corrected chi connectivity index (χ3v) is 6.16. The number of methoxy groups -OCH3 is 1. The molecule has 9 nitrogen and oxygen atoms in total. The molecule has 0 unspecified atom stereocenters. The van der Waals surface area contributed by atoms with E-state index >= 15 is 0 Å². The minimum atomic E-state index is -0.517. The molecule has 3 rings (SSSR count). The summed E-state index contributed by atoms with van der Waals surface area (Å²) in [5.74, 6) is 1.19. The molecular formula is C24H27ClN4O5S. The third-order valence-electron chi connectivity index (χ3n) is 4.86. The highest BCUT2D eigenvalue weighted by atomic mass is 35.5. The first-order valence-corrected chi connectivity index (χ1v) is 12.3. The number of carbonyl (C=O) groups is 2. The van der Waals surface area contributed by atoms with E-state index in [4.69, 9.17) is 25.8 Å². The summed E-state index contributed by atoms with van der Waals surface area (Å²) in [5, 5.41) is 12.1. The molecule has 0 spiro atoms. The first kappa shape index (κ1) is 26.4. The van der Waals surface area contributed by atoms with Crippen molar-refractivity contribution in [2.45, 2.75) is 39.1 Å². The fourth-order valence-electron chi connectivity index (χ4n) is 3.18. The van der Waals surface area contributed by atoms with E-state index in [-0.39, 0.29) is 23.8 Å². The predicted molar refractivity (Wildman–Crippen MR) is 135 cm³/mol. The van der Waals surface area contributed by atoms with Crippen molar-refractivity contribution in [3.05, 3.63) is 58.4 Å². The predicted octanol–water partition coefficient (Wildman–Crippen LogP) is 4.75. The van der Waals surface area contributed by atoms with Gasteiger partial charge in [-0.1, -0.05) is 29.4 Å². The minimum Gasteiger partial charge on any atom is -0.490 e. The number of rotatable bonds is 11. The molecule has 11 heteroatoms. The fourth-order valence-corrected chi connectivity index (χ4v) is 4.16. The summed E-state index contributed by atoms with van der Waals surface area (Å²) >= 11 is 7.40. The standard InChI is InChI=1S/C24H27ClN4O5S/c1-5-29-21(13-34-19-10-7-15(3)11-20(19)33-6-2)27-28-24(29)35-14-22(30)26-18-12-16(23(31)32-4)8-9-17(18)25/h7-12H,5-6,13-14H2,1-4H3,(H,26,30). The van der Waals surface area contributed by atoms with E-state index in [1.165, 1.54) is 37.1 Å². The number of esters is 1. The molecule has 2 aromatic carbocycles. The summed E-state index contributed by atoms with van der Waals surface area (Å²) in [6.07, 6.45) is 0. The second-order valence-corrected chi connectivity index (χ2v) is 8.69. The number of benzene rings is 2. The Morgan fingerprint density at radius 2 is 1.89 bits per heavy atom. The van der Waals surface area contributed by atoms with E-state index in [0.29, 0.717) is 46.3 Å². The molecule has 1 N–H and O–H groups in total. The van der Waals surface area contributed by atoms with Gasteiger partial charge in [-0.2, -0.15) is 0 Å². The molecule has 0 aliphatic rings. The zero-order valence-corrected chi connectivity index (χ0v) is 21.5. The van der Waals surface area contributed by atoms with Gasteiger partial charge in [0, 0.05) is 6.54 Å². The summed E-state index contributed by atoms with van der Waals surface area (Å²) in [5.41, 5.74) is 1.69. The highest BCUT2D eigenvalue weighted by Crippen LogP contribution is 2.29. The Morgan fingerprint density at radius 1 is 1.09 bits per heavy atom. The maximum Gasteiger partial charge on any atom is 0.337 e. The van der Waals surface area contributed by atoms with Crippen LogP contribution in [0.1, 0.15) is 35.6 Å². The molecule has 0 atom stereocenters. The molecule has 186 valence electrons. The summed E-state index contributed by atoms with van der Waals surface area (Å²) < 4.78 is 18.2. The summed E-state index contributed by atoms with van der Waals surface area (Å²) in [6.45, 7) is 7.22. The molecule has 0 bridgehead atoms. The van der Waals surface area contributed by atoms with E-state index in [2.05, 4.69) is 15.5 Å². The molecule has 3 aromatic rings. The van der Waals surface area contributed by atoms with E-state index in [1.54, 1.807) is 0 Å². The average molecular weight is 519 g/mol. The molecule has 0 fully saturated rings. The molecular weight excluding hydrogens is 492 g/mol. The van der Waals surface area contributed by atoms with Gasteiger partial charge in [0.25, 0.3) is 0 Å². The van der Waals surface area contributed by atoms with Gasteiger partial charge in [0.1, 0.15) is 6.61 Å². The molecule has 0 saturated heterocycles. The number of aryl methyl sites for hydroxylation is 1. The van der Waals surface area contributed by atoms with Crippen LogP contribution in [0.4, 0.5) is 5.69 Å². The van der Waals surface area contributed by atoms with E-state index < -0.39 is 5.97 Å². The molecule has 0 aliphatic heterocycles. The first-order chi connectivity index (χ1) is 16.9. The summed E-state index contributed by atoms with van der Waals surface area (Å²) in [4.78, 5) is 24.3. The Balaban J connectivity index is 1.63. The van der Waals surface area contributed by atoms with Crippen LogP contribution in [0.15, 0.2) is 41.6 Å². The first-order valence-electron chi connectivity index (χ1n) is 10.9. The van der Waals surface area contributed by atoms with Crippen LogP contribution in [-0.4, -0.2) is 46.1 Å². The Morgan fingerprint density at radius 3 is 2.60 bits per heavy atom. The van der Waals surface area contributed by atoms with Gasteiger partial charge in [-0.05, 0) is 56.7 Å². The average Bonchev–Trinajstić information content (AvgIpc) is 3.25. The van der Waals surface area contributed by atoms with Crippen molar-refractivity contribution in [1.29, 1.82) is 0 Å². The zero-order chi connectivity index (χ0) is 25.4. The van der Waals surface area contributed by atoms with E-state index in [0.717, 1.165) is 5.56 Å². The van der Waals surface area contributed by atoms with Crippen LogP contribution in [0, 0.1) is 6.92 Å². The zero-order valence-electron chi connectivity index (χ0n) is 20.0. The second kappa shape index (κ2) is 12.5. The molecule has 0 aliphatic carbocycles. The highest BCUT2D eigenvalue weighted by molar-refractivity contribution is 7.99. The van der Waals surface area contributed by atoms with Crippen LogP contribution >= 0.6 is 23.4 Å². The fraction of sp³-hybridized carbons (Fsp3) is 0.333. The van der Waals surface area contributed by atoms with E-state index in [1.807, 2.05) is 43.5 Å². The van der Waals surface area contributed by atoms with Crippen LogP contribution in [0.5, 0.6) is 11.5 Å². The molecule has 1 aromatic heterocycles. The smallest absolute Gasteiger partial charge is 0.337 e. The summed E-state index contributed by atoms with van der Waals surface area (Å²) in [6, 6.07) is 10.3. The van der Waals surface area contributed by atoms with Crippen LogP contribution in [0.25, 0.3) is 0 Å². The van der Waals surface area contributed by atoms with Crippen molar-refractivity contribution in [3.8, 4) is 11.5 Å². The number of hydrogen-bond donors (Lipinski definition) is 1. The lowest BCUT2D eigenvalue weighted by Gasteiger charge is -2.13. The SMILES string of the molecule is CCOc1cc(C)ccc1OCc1nnc(SCC(=O)Nc2cc(C(=O)OC)ccc2Cl)n1CC. The lowest BCUT2D eigenvalue weighted by Crippen LogP contribution is -2.16. The summed E-state index contributed by atoms with van der Waals surface area (Å²) in [7, 11) is 1.29. The van der Waals surface area contributed by atoms with Crippen LogP contribution in [-0.2, 0) is 22.7 Å². The molecule has 1 heterocycles. The maximum atomic E-state index is 12.5. The van der Waals surface area contributed by atoms with Crippen molar-refractivity contribution in [1.82, 2.24) is 14.8 Å². The minimum absolute atomic E-state index is 0.0736. The Labute approximate surface area is 213 Å².